The van der Waals surface area contributed by atoms with Gasteiger partial charge in [-0.15, -0.1) is 21.5 Å². The lowest BCUT2D eigenvalue weighted by Crippen LogP contribution is -2.41. The Morgan fingerprint density at radius 1 is 1.18 bits per heavy atom. The smallest absolute Gasteiger partial charge is 0.277 e. The Kier molecular flexibility index (Phi) is 7.21. The first kappa shape index (κ1) is 20.1. The summed E-state index contributed by atoms with van der Waals surface area (Å²) in [4.78, 5) is 27.1. The van der Waals surface area contributed by atoms with Crippen LogP contribution >= 0.6 is 23.1 Å². The van der Waals surface area contributed by atoms with Gasteiger partial charge in [-0.3, -0.25) is 9.59 Å². The van der Waals surface area contributed by atoms with Gasteiger partial charge in [0, 0.05) is 17.0 Å². The molecule has 9 heteroatoms. The number of hydrogen-bond acceptors (Lipinski definition) is 7. The zero-order chi connectivity index (χ0) is 19.8. The fourth-order valence-electron chi connectivity index (χ4n) is 2.38. The normalized spacial score (nSPS) is 10.6. The minimum Gasteiger partial charge on any atom is -0.411 e. The van der Waals surface area contributed by atoms with E-state index in [1.807, 2.05) is 54.8 Å². The third-order valence-electron chi connectivity index (χ3n) is 3.86. The van der Waals surface area contributed by atoms with Gasteiger partial charge in [-0.25, -0.2) is 0 Å². The standard InChI is InChI=1S/C19H20N4O3S2/c1-2-23(12-16(24)20-11-15-9-6-10-27-15)17(25)13-28-19-22-21-18(26-19)14-7-4-3-5-8-14/h3-10H,2,11-13H2,1H3,(H,20,24). The van der Waals surface area contributed by atoms with Crippen molar-refractivity contribution in [2.75, 3.05) is 18.8 Å². The highest BCUT2D eigenvalue weighted by molar-refractivity contribution is 7.99. The Bertz CT molecular complexity index is 897. The molecule has 146 valence electrons. The number of thiophene rings is 1. The second-order valence-electron chi connectivity index (χ2n) is 5.79. The molecule has 0 atom stereocenters. The Morgan fingerprint density at radius 3 is 2.71 bits per heavy atom. The van der Waals surface area contributed by atoms with E-state index >= 15 is 0 Å². The number of nitrogens with one attached hydrogen (secondary N) is 1. The molecule has 0 fully saturated rings. The van der Waals surface area contributed by atoms with E-state index in [0.29, 0.717) is 24.2 Å². The number of carbonyl (C=O) groups is 2. The van der Waals surface area contributed by atoms with Gasteiger partial charge in [-0.2, -0.15) is 0 Å². The molecule has 0 aliphatic carbocycles. The summed E-state index contributed by atoms with van der Waals surface area (Å²) in [6.07, 6.45) is 0. The molecular weight excluding hydrogens is 396 g/mol. The topological polar surface area (TPSA) is 88.3 Å². The van der Waals surface area contributed by atoms with Crippen molar-refractivity contribution in [3.8, 4) is 11.5 Å². The van der Waals surface area contributed by atoms with Crippen molar-refractivity contribution in [3.63, 3.8) is 0 Å². The highest BCUT2D eigenvalue weighted by Crippen LogP contribution is 2.23. The lowest BCUT2D eigenvalue weighted by molar-refractivity contribution is -0.133. The van der Waals surface area contributed by atoms with Crippen LogP contribution in [0.15, 0.2) is 57.5 Å². The van der Waals surface area contributed by atoms with Gasteiger partial charge in [0.05, 0.1) is 18.8 Å². The van der Waals surface area contributed by atoms with E-state index in [1.165, 1.54) is 4.90 Å². The van der Waals surface area contributed by atoms with Crippen LogP contribution in [0.2, 0.25) is 0 Å². The van der Waals surface area contributed by atoms with Crippen LogP contribution in [0, 0.1) is 0 Å². The molecule has 2 heterocycles. The number of amides is 2. The third-order valence-corrected chi connectivity index (χ3v) is 5.53. The summed E-state index contributed by atoms with van der Waals surface area (Å²) < 4.78 is 5.59. The monoisotopic (exact) mass is 416 g/mol. The molecule has 0 saturated carbocycles. The van der Waals surface area contributed by atoms with Crippen LogP contribution in [-0.4, -0.2) is 45.8 Å². The summed E-state index contributed by atoms with van der Waals surface area (Å²) in [7, 11) is 0. The molecule has 0 saturated heterocycles. The Labute approximate surface area is 171 Å². The van der Waals surface area contributed by atoms with Gasteiger partial charge in [0.15, 0.2) is 0 Å². The van der Waals surface area contributed by atoms with Crippen LogP contribution in [0.25, 0.3) is 11.5 Å². The maximum absolute atomic E-state index is 12.4. The van der Waals surface area contributed by atoms with E-state index in [-0.39, 0.29) is 24.1 Å². The molecule has 0 aliphatic rings. The first-order valence-electron chi connectivity index (χ1n) is 8.74. The van der Waals surface area contributed by atoms with Crippen LogP contribution in [0.4, 0.5) is 0 Å². The summed E-state index contributed by atoms with van der Waals surface area (Å²) >= 11 is 2.74. The van der Waals surface area contributed by atoms with Crippen molar-refractivity contribution >= 4 is 34.9 Å². The Balaban J connectivity index is 1.47. The van der Waals surface area contributed by atoms with Crippen LogP contribution < -0.4 is 5.32 Å². The first-order valence-corrected chi connectivity index (χ1v) is 10.6. The van der Waals surface area contributed by atoms with E-state index in [0.717, 1.165) is 22.2 Å². The Hall–Kier alpha value is -2.65. The lowest BCUT2D eigenvalue weighted by atomic mass is 10.2. The summed E-state index contributed by atoms with van der Waals surface area (Å²) in [6.45, 7) is 2.79. The van der Waals surface area contributed by atoms with Crippen molar-refractivity contribution in [2.24, 2.45) is 0 Å². The molecule has 0 spiro atoms. The van der Waals surface area contributed by atoms with E-state index in [4.69, 9.17) is 4.42 Å². The second kappa shape index (κ2) is 10.0. The van der Waals surface area contributed by atoms with Gasteiger partial charge in [-0.05, 0) is 30.5 Å². The van der Waals surface area contributed by atoms with Crippen molar-refractivity contribution in [1.29, 1.82) is 0 Å². The summed E-state index contributed by atoms with van der Waals surface area (Å²) in [5.74, 6) is 0.203. The number of carbonyl (C=O) groups excluding carboxylic acids is 2. The van der Waals surface area contributed by atoms with Crippen molar-refractivity contribution < 1.29 is 14.0 Å². The molecule has 0 radical (unpaired) electrons. The number of thioether (sulfide) groups is 1. The van der Waals surface area contributed by atoms with Crippen molar-refractivity contribution in [3.05, 3.63) is 52.7 Å². The number of likely N-dealkylation sites (N-methyl/N-ethyl adjacent to an activating group) is 1. The fourth-order valence-corrected chi connectivity index (χ4v) is 3.70. The van der Waals surface area contributed by atoms with Crippen molar-refractivity contribution in [1.82, 2.24) is 20.4 Å². The molecule has 1 N–H and O–H groups in total. The number of aromatic nitrogens is 2. The molecule has 3 rings (SSSR count). The van der Waals surface area contributed by atoms with E-state index < -0.39 is 0 Å². The summed E-state index contributed by atoms with van der Waals surface area (Å²) in [5.41, 5.74) is 0.825. The van der Waals surface area contributed by atoms with E-state index in [9.17, 15) is 9.59 Å². The molecule has 7 nitrogen and oxygen atoms in total. The second-order valence-corrected chi connectivity index (χ2v) is 7.75. The summed E-state index contributed by atoms with van der Waals surface area (Å²) in [6, 6.07) is 13.3. The maximum atomic E-state index is 12.4. The Morgan fingerprint density at radius 2 is 2.00 bits per heavy atom. The van der Waals surface area contributed by atoms with Gasteiger partial charge >= 0.3 is 0 Å². The van der Waals surface area contributed by atoms with Gasteiger partial charge in [0.1, 0.15) is 0 Å². The predicted molar refractivity (Wildman–Crippen MR) is 109 cm³/mol. The maximum Gasteiger partial charge on any atom is 0.277 e. The molecule has 2 aromatic heterocycles. The molecule has 3 aromatic rings. The highest BCUT2D eigenvalue weighted by atomic mass is 32.2. The number of benzene rings is 1. The number of nitrogens with zero attached hydrogens (tertiary/aromatic N) is 3. The number of rotatable bonds is 9. The summed E-state index contributed by atoms with van der Waals surface area (Å²) in [5, 5.41) is 13.1. The quantitative estimate of drug-likeness (QED) is 0.540. The zero-order valence-electron chi connectivity index (χ0n) is 15.3. The minimum atomic E-state index is -0.183. The molecule has 0 unspecified atom stereocenters. The zero-order valence-corrected chi connectivity index (χ0v) is 17.0. The molecule has 0 aliphatic heterocycles. The average molecular weight is 417 g/mol. The molecule has 0 bridgehead atoms. The van der Waals surface area contributed by atoms with Gasteiger partial charge in [0.25, 0.3) is 5.22 Å². The van der Waals surface area contributed by atoms with Crippen LogP contribution in [0.5, 0.6) is 0 Å². The predicted octanol–water partition coefficient (Wildman–Crippen LogP) is 3.06. The van der Waals surface area contributed by atoms with Crippen LogP contribution in [0.3, 0.4) is 0 Å². The van der Waals surface area contributed by atoms with Crippen molar-refractivity contribution in [2.45, 2.75) is 18.7 Å². The third kappa shape index (κ3) is 5.67. The van der Waals surface area contributed by atoms with Gasteiger partial charge in [-0.1, -0.05) is 36.0 Å². The molecular formula is C19H20N4O3S2. The SMILES string of the molecule is CCN(CC(=O)NCc1cccs1)C(=O)CSc1nnc(-c2ccccc2)o1. The highest BCUT2D eigenvalue weighted by Gasteiger charge is 2.17. The molecule has 2 amide bonds. The average Bonchev–Trinajstić information content (AvgIpc) is 3.41. The van der Waals surface area contributed by atoms with E-state index in [2.05, 4.69) is 15.5 Å². The van der Waals surface area contributed by atoms with Gasteiger partial charge < -0.3 is 14.6 Å². The largest absolute Gasteiger partial charge is 0.411 e. The molecule has 1 aromatic carbocycles. The fraction of sp³-hybridized carbons (Fsp3) is 0.263. The lowest BCUT2D eigenvalue weighted by Gasteiger charge is -2.19. The van der Waals surface area contributed by atoms with Crippen LogP contribution in [0.1, 0.15) is 11.8 Å². The number of hydrogen-bond donors (Lipinski definition) is 1. The minimum absolute atomic E-state index is 0.0281. The first-order chi connectivity index (χ1) is 13.7. The molecule has 28 heavy (non-hydrogen) atoms. The van der Waals surface area contributed by atoms with E-state index in [1.54, 1.807) is 11.3 Å². The van der Waals surface area contributed by atoms with Gasteiger partial charge in [0.2, 0.25) is 17.7 Å². The van der Waals surface area contributed by atoms with Crippen LogP contribution in [-0.2, 0) is 16.1 Å².